The Hall–Kier alpha value is -1.55. The number of anilines is 1. The monoisotopic (exact) mass is 276 g/mol. The van der Waals surface area contributed by atoms with Crippen LogP contribution < -0.4 is 5.32 Å². The van der Waals surface area contributed by atoms with Crippen LogP contribution >= 0.6 is 0 Å². The fraction of sp³-hybridized carbons (Fsp3) is 0.562. The van der Waals surface area contributed by atoms with E-state index >= 15 is 0 Å². The van der Waals surface area contributed by atoms with Crippen LogP contribution in [0.2, 0.25) is 0 Å². The third-order valence-electron chi connectivity index (χ3n) is 3.93. The standard InChI is InChI=1S/C16H24N2O2/c1-3-17-15-5-4-12(2)10-14(15)16(20)18-8-6-13(11-19)7-9-18/h4-5,10,13,17,19H,3,6-9,11H2,1-2H3. The Morgan fingerprint density at radius 2 is 2.10 bits per heavy atom. The first-order chi connectivity index (χ1) is 9.65. The zero-order valence-electron chi connectivity index (χ0n) is 12.4. The highest BCUT2D eigenvalue weighted by Gasteiger charge is 2.24. The number of piperidine rings is 1. The Balaban J connectivity index is 2.14. The zero-order chi connectivity index (χ0) is 14.5. The van der Waals surface area contributed by atoms with Crippen LogP contribution in [0.25, 0.3) is 0 Å². The van der Waals surface area contributed by atoms with Crippen LogP contribution in [-0.4, -0.2) is 42.2 Å². The molecule has 0 unspecified atom stereocenters. The lowest BCUT2D eigenvalue weighted by molar-refractivity contribution is 0.0651. The molecule has 110 valence electrons. The molecule has 1 aromatic rings. The van der Waals surface area contributed by atoms with Gasteiger partial charge in [0.2, 0.25) is 0 Å². The Labute approximate surface area is 120 Å². The Bertz CT molecular complexity index is 466. The fourth-order valence-electron chi connectivity index (χ4n) is 2.67. The van der Waals surface area contributed by atoms with Crippen LogP contribution in [0, 0.1) is 12.8 Å². The molecule has 1 heterocycles. The molecule has 1 saturated heterocycles. The van der Waals surface area contributed by atoms with Gasteiger partial charge in [-0.15, -0.1) is 0 Å². The molecule has 4 nitrogen and oxygen atoms in total. The van der Waals surface area contributed by atoms with E-state index < -0.39 is 0 Å². The van der Waals surface area contributed by atoms with Gasteiger partial charge in [0.15, 0.2) is 0 Å². The second kappa shape index (κ2) is 6.75. The summed E-state index contributed by atoms with van der Waals surface area (Å²) in [4.78, 5) is 14.6. The quantitative estimate of drug-likeness (QED) is 0.887. The second-order valence-electron chi connectivity index (χ2n) is 5.50. The Morgan fingerprint density at radius 3 is 2.70 bits per heavy atom. The Kier molecular flexibility index (Phi) is 5.01. The van der Waals surface area contributed by atoms with Gasteiger partial charge in [-0.2, -0.15) is 0 Å². The maximum absolute atomic E-state index is 12.7. The predicted octanol–water partition coefficient (Wildman–Crippen LogP) is 2.27. The van der Waals surface area contributed by atoms with Crippen molar-refractivity contribution in [3.8, 4) is 0 Å². The van der Waals surface area contributed by atoms with Gasteiger partial charge in [0.25, 0.3) is 5.91 Å². The molecule has 2 rings (SSSR count). The lowest BCUT2D eigenvalue weighted by Crippen LogP contribution is -2.39. The first-order valence-electron chi connectivity index (χ1n) is 7.40. The number of carbonyl (C=O) groups is 1. The van der Waals surface area contributed by atoms with Crippen molar-refractivity contribution in [2.75, 3.05) is 31.6 Å². The summed E-state index contributed by atoms with van der Waals surface area (Å²) in [5.74, 6) is 0.450. The van der Waals surface area contributed by atoms with E-state index in [1.807, 2.05) is 36.9 Å². The third kappa shape index (κ3) is 3.31. The number of rotatable bonds is 4. The number of hydrogen-bond donors (Lipinski definition) is 2. The molecule has 0 radical (unpaired) electrons. The summed E-state index contributed by atoms with van der Waals surface area (Å²) >= 11 is 0. The fourth-order valence-corrected chi connectivity index (χ4v) is 2.67. The molecular formula is C16H24N2O2. The molecule has 1 aliphatic rings. The molecular weight excluding hydrogens is 252 g/mol. The van der Waals surface area contributed by atoms with Gasteiger partial charge in [0.1, 0.15) is 0 Å². The SMILES string of the molecule is CCNc1ccc(C)cc1C(=O)N1CCC(CO)CC1. The van der Waals surface area contributed by atoms with Gasteiger partial charge in [-0.05, 0) is 44.7 Å². The highest BCUT2D eigenvalue weighted by Crippen LogP contribution is 2.23. The van der Waals surface area contributed by atoms with Gasteiger partial charge < -0.3 is 15.3 Å². The van der Waals surface area contributed by atoms with E-state index in [1.54, 1.807) is 0 Å². The van der Waals surface area contributed by atoms with E-state index in [0.717, 1.165) is 49.3 Å². The van der Waals surface area contributed by atoms with Crippen molar-refractivity contribution in [1.29, 1.82) is 0 Å². The van der Waals surface area contributed by atoms with Gasteiger partial charge in [0.05, 0.1) is 5.56 Å². The number of aliphatic hydroxyl groups is 1. The summed E-state index contributed by atoms with van der Waals surface area (Å²) in [5, 5.41) is 12.4. The number of carbonyl (C=O) groups excluding carboxylic acids is 1. The molecule has 2 N–H and O–H groups in total. The third-order valence-corrected chi connectivity index (χ3v) is 3.93. The maximum Gasteiger partial charge on any atom is 0.255 e. The van der Waals surface area contributed by atoms with Crippen molar-refractivity contribution >= 4 is 11.6 Å². The summed E-state index contributed by atoms with van der Waals surface area (Å²) in [6, 6.07) is 5.96. The molecule has 0 aliphatic carbocycles. The van der Waals surface area contributed by atoms with Crippen LogP contribution in [0.5, 0.6) is 0 Å². The predicted molar refractivity (Wildman–Crippen MR) is 81.1 cm³/mol. The van der Waals surface area contributed by atoms with Crippen LogP contribution in [0.3, 0.4) is 0 Å². The van der Waals surface area contributed by atoms with Crippen LogP contribution in [0.4, 0.5) is 5.69 Å². The molecule has 0 atom stereocenters. The number of aryl methyl sites for hydroxylation is 1. The lowest BCUT2D eigenvalue weighted by atomic mass is 9.97. The van der Waals surface area contributed by atoms with Crippen molar-refractivity contribution in [3.05, 3.63) is 29.3 Å². The Morgan fingerprint density at radius 1 is 1.40 bits per heavy atom. The largest absolute Gasteiger partial charge is 0.396 e. The van der Waals surface area contributed by atoms with Gasteiger partial charge in [0, 0.05) is 31.9 Å². The minimum Gasteiger partial charge on any atom is -0.396 e. The topological polar surface area (TPSA) is 52.6 Å². The summed E-state index contributed by atoms with van der Waals surface area (Å²) in [6.45, 7) is 6.55. The smallest absolute Gasteiger partial charge is 0.255 e. The van der Waals surface area contributed by atoms with Crippen LogP contribution in [-0.2, 0) is 0 Å². The summed E-state index contributed by atoms with van der Waals surface area (Å²) in [5.41, 5.74) is 2.77. The molecule has 0 spiro atoms. The van der Waals surface area contributed by atoms with Gasteiger partial charge >= 0.3 is 0 Å². The maximum atomic E-state index is 12.7. The summed E-state index contributed by atoms with van der Waals surface area (Å²) in [7, 11) is 0. The van der Waals surface area contributed by atoms with E-state index in [2.05, 4.69) is 5.32 Å². The average molecular weight is 276 g/mol. The number of nitrogens with one attached hydrogen (secondary N) is 1. The van der Waals surface area contributed by atoms with E-state index in [1.165, 1.54) is 0 Å². The molecule has 20 heavy (non-hydrogen) atoms. The molecule has 1 amide bonds. The van der Waals surface area contributed by atoms with Gasteiger partial charge in [-0.1, -0.05) is 11.6 Å². The van der Waals surface area contributed by atoms with Crippen LogP contribution in [0.1, 0.15) is 35.7 Å². The van der Waals surface area contributed by atoms with Crippen molar-refractivity contribution in [2.24, 2.45) is 5.92 Å². The van der Waals surface area contributed by atoms with Crippen molar-refractivity contribution in [3.63, 3.8) is 0 Å². The zero-order valence-corrected chi connectivity index (χ0v) is 12.4. The van der Waals surface area contributed by atoms with E-state index in [9.17, 15) is 4.79 Å². The van der Waals surface area contributed by atoms with Crippen LogP contribution in [0.15, 0.2) is 18.2 Å². The molecule has 0 bridgehead atoms. The highest BCUT2D eigenvalue weighted by atomic mass is 16.3. The lowest BCUT2D eigenvalue weighted by Gasteiger charge is -2.31. The van der Waals surface area contributed by atoms with E-state index in [-0.39, 0.29) is 12.5 Å². The minimum atomic E-state index is 0.0982. The van der Waals surface area contributed by atoms with Crippen molar-refractivity contribution in [1.82, 2.24) is 4.90 Å². The minimum absolute atomic E-state index is 0.0982. The molecule has 1 fully saturated rings. The summed E-state index contributed by atoms with van der Waals surface area (Å²) < 4.78 is 0. The van der Waals surface area contributed by atoms with Gasteiger partial charge in [-0.25, -0.2) is 0 Å². The molecule has 0 saturated carbocycles. The van der Waals surface area contributed by atoms with E-state index in [0.29, 0.717) is 5.92 Å². The number of aliphatic hydroxyl groups excluding tert-OH is 1. The first-order valence-corrected chi connectivity index (χ1v) is 7.40. The molecule has 0 aromatic heterocycles. The summed E-state index contributed by atoms with van der Waals surface area (Å²) in [6.07, 6.45) is 1.79. The van der Waals surface area contributed by atoms with Crippen molar-refractivity contribution < 1.29 is 9.90 Å². The average Bonchev–Trinajstić information content (AvgIpc) is 2.48. The number of nitrogens with zero attached hydrogens (tertiary/aromatic N) is 1. The number of benzene rings is 1. The number of likely N-dealkylation sites (tertiary alicyclic amines) is 1. The normalized spacial score (nSPS) is 16.2. The van der Waals surface area contributed by atoms with Gasteiger partial charge in [-0.3, -0.25) is 4.79 Å². The highest BCUT2D eigenvalue weighted by molar-refractivity contribution is 5.99. The number of amides is 1. The van der Waals surface area contributed by atoms with Crippen molar-refractivity contribution in [2.45, 2.75) is 26.7 Å². The molecule has 1 aliphatic heterocycles. The van der Waals surface area contributed by atoms with E-state index in [4.69, 9.17) is 5.11 Å². The first kappa shape index (κ1) is 14.9. The number of hydrogen-bond acceptors (Lipinski definition) is 3. The molecule has 4 heteroatoms. The molecule has 1 aromatic carbocycles. The second-order valence-corrected chi connectivity index (χ2v) is 5.50.